The fraction of sp³-hybridized carbons (Fsp3) is 0.625. The quantitative estimate of drug-likeness (QED) is 0.814. The summed E-state index contributed by atoms with van der Waals surface area (Å²) in [5.41, 5.74) is 1.24. The van der Waals surface area contributed by atoms with E-state index in [9.17, 15) is 0 Å². The maximum Gasteiger partial charge on any atom is 0.0426 e. The monoisotopic (exact) mass is 295 g/mol. The molecular formula is C16H26ClN3. The molecule has 1 aromatic rings. The van der Waals surface area contributed by atoms with Crippen molar-refractivity contribution in [2.24, 2.45) is 0 Å². The van der Waals surface area contributed by atoms with Crippen LogP contribution in [0.3, 0.4) is 0 Å². The maximum atomic E-state index is 6.07. The van der Waals surface area contributed by atoms with Gasteiger partial charge in [0.1, 0.15) is 0 Å². The molecule has 0 radical (unpaired) electrons. The second-order valence-corrected chi connectivity index (χ2v) is 5.99. The molecule has 1 saturated heterocycles. The first kappa shape index (κ1) is 15.6. The van der Waals surface area contributed by atoms with Crippen LogP contribution in [0.5, 0.6) is 0 Å². The highest BCUT2D eigenvalue weighted by Crippen LogP contribution is 2.21. The van der Waals surface area contributed by atoms with E-state index in [1.165, 1.54) is 12.1 Å². The van der Waals surface area contributed by atoms with Gasteiger partial charge in [-0.2, -0.15) is 0 Å². The highest BCUT2D eigenvalue weighted by Gasteiger charge is 2.20. The van der Waals surface area contributed by atoms with Gasteiger partial charge in [-0.3, -0.25) is 4.90 Å². The van der Waals surface area contributed by atoms with Gasteiger partial charge in [0.25, 0.3) is 0 Å². The molecule has 0 bridgehead atoms. The average Bonchev–Trinajstić information content (AvgIpc) is 2.47. The minimum Gasteiger partial charge on any atom is -0.369 e. The molecule has 1 aliphatic heterocycles. The molecule has 0 spiro atoms. The number of hydrogen-bond donors (Lipinski definition) is 1. The van der Waals surface area contributed by atoms with Gasteiger partial charge in [-0.1, -0.05) is 24.6 Å². The Morgan fingerprint density at radius 1 is 1.25 bits per heavy atom. The molecule has 0 amide bonds. The first-order valence-electron chi connectivity index (χ1n) is 7.66. The van der Waals surface area contributed by atoms with Crippen molar-refractivity contribution in [1.82, 2.24) is 10.2 Å². The van der Waals surface area contributed by atoms with Crippen LogP contribution in [0.25, 0.3) is 0 Å². The van der Waals surface area contributed by atoms with Crippen molar-refractivity contribution in [3.05, 3.63) is 29.3 Å². The molecule has 1 unspecified atom stereocenters. The predicted molar refractivity (Wildman–Crippen MR) is 87.9 cm³/mol. The lowest BCUT2D eigenvalue weighted by Crippen LogP contribution is -2.52. The lowest BCUT2D eigenvalue weighted by atomic mass is 10.2. The van der Waals surface area contributed by atoms with Crippen LogP contribution in [0.1, 0.15) is 20.3 Å². The fourth-order valence-electron chi connectivity index (χ4n) is 2.71. The van der Waals surface area contributed by atoms with E-state index in [0.29, 0.717) is 6.04 Å². The smallest absolute Gasteiger partial charge is 0.0426 e. The molecule has 0 aromatic heterocycles. The Kier molecular flexibility index (Phi) is 6.14. The average molecular weight is 296 g/mol. The summed E-state index contributed by atoms with van der Waals surface area (Å²) in [4.78, 5) is 5.00. The normalized spacial score (nSPS) is 18.2. The first-order valence-corrected chi connectivity index (χ1v) is 8.03. The maximum absolute atomic E-state index is 6.07. The summed E-state index contributed by atoms with van der Waals surface area (Å²) in [6.07, 6.45) is 1.20. The molecule has 2 rings (SSSR count). The molecule has 1 heterocycles. The van der Waals surface area contributed by atoms with Crippen molar-refractivity contribution < 1.29 is 0 Å². The number of rotatable bonds is 6. The van der Waals surface area contributed by atoms with E-state index in [0.717, 1.165) is 44.3 Å². The summed E-state index contributed by atoms with van der Waals surface area (Å²) in [6.45, 7) is 11.1. The van der Waals surface area contributed by atoms with Crippen molar-refractivity contribution in [2.75, 3.05) is 44.2 Å². The number of nitrogens with zero attached hydrogens (tertiary/aromatic N) is 2. The number of nitrogens with one attached hydrogen (secondary N) is 1. The number of hydrogen-bond acceptors (Lipinski definition) is 3. The van der Waals surface area contributed by atoms with Crippen LogP contribution < -0.4 is 10.2 Å². The molecular weight excluding hydrogens is 270 g/mol. The number of anilines is 1. The van der Waals surface area contributed by atoms with Crippen LogP contribution in [-0.2, 0) is 0 Å². The predicted octanol–water partition coefficient (Wildman–Crippen LogP) is 2.85. The van der Waals surface area contributed by atoms with Gasteiger partial charge in [0.15, 0.2) is 0 Å². The molecule has 1 fully saturated rings. The lowest BCUT2D eigenvalue weighted by molar-refractivity contribution is 0.193. The summed E-state index contributed by atoms with van der Waals surface area (Å²) >= 11 is 6.07. The van der Waals surface area contributed by atoms with Crippen LogP contribution in [0.2, 0.25) is 5.02 Å². The van der Waals surface area contributed by atoms with Gasteiger partial charge < -0.3 is 10.2 Å². The Hall–Kier alpha value is -0.770. The molecule has 112 valence electrons. The third-order valence-electron chi connectivity index (χ3n) is 3.98. The summed E-state index contributed by atoms with van der Waals surface area (Å²) in [7, 11) is 0. The zero-order chi connectivity index (χ0) is 14.4. The van der Waals surface area contributed by atoms with Gasteiger partial charge >= 0.3 is 0 Å². The lowest BCUT2D eigenvalue weighted by Gasteiger charge is -2.39. The van der Waals surface area contributed by atoms with E-state index >= 15 is 0 Å². The second kappa shape index (κ2) is 7.87. The van der Waals surface area contributed by atoms with E-state index in [2.05, 4.69) is 41.1 Å². The van der Waals surface area contributed by atoms with Crippen LogP contribution >= 0.6 is 11.6 Å². The van der Waals surface area contributed by atoms with Crippen molar-refractivity contribution >= 4 is 17.3 Å². The Balaban J connectivity index is 1.80. The van der Waals surface area contributed by atoms with Crippen molar-refractivity contribution in [3.63, 3.8) is 0 Å². The zero-order valence-electron chi connectivity index (χ0n) is 12.6. The molecule has 0 aliphatic carbocycles. The van der Waals surface area contributed by atoms with E-state index < -0.39 is 0 Å². The van der Waals surface area contributed by atoms with Gasteiger partial charge in [-0.25, -0.2) is 0 Å². The third-order valence-corrected chi connectivity index (χ3v) is 4.21. The van der Waals surface area contributed by atoms with Gasteiger partial charge in [0, 0.05) is 49.5 Å². The number of benzene rings is 1. The van der Waals surface area contributed by atoms with E-state index in [1.54, 1.807) is 0 Å². The minimum absolute atomic E-state index is 0.614. The Morgan fingerprint density at radius 2 is 2.00 bits per heavy atom. The molecule has 0 saturated carbocycles. The highest BCUT2D eigenvalue weighted by atomic mass is 35.5. The van der Waals surface area contributed by atoms with E-state index in [4.69, 9.17) is 11.6 Å². The van der Waals surface area contributed by atoms with Crippen molar-refractivity contribution in [3.8, 4) is 0 Å². The summed E-state index contributed by atoms with van der Waals surface area (Å²) < 4.78 is 0. The van der Waals surface area contributed by atoms with Gasteiger partial charge in [-0.05, 0) is 38.1 Å². The number of halogens is 1. The molecule has 4 heteroatoms. The zero-order valence-corrected chi connectivity index (χ0v) is 13.4. The third kappa shape index (κ3) is 4.37. The van der Waals surface area contributed by atoms with Crippen LogP contribution in [-0.4, -0.2) is 50.2 Å². The molecule has 3 nitrogen and oxygen atoms in total. The summed E-state index contributed by atoms with van der Waals surface area (Å²) in [6, 6.07) is 8.78. The fourth-order valence-corrected chi connectivity index (χ4v) is 2.90. The summed E-state index contributed by atoms with van der Waals surface area (Å²) in [5, 5.41) is 4.33. The van der Waals surface area contributed by atoms with Crippen LogP contribution in [0.4, 0.5) is 5.69 Å². The SMILES string of the molecule is CCCNCC(C)N1CCN(c2cccc(Cl)c2)CC1. The standard InChI is InChI=1S/C16H26ClN3/c1-3-7-18-13-14(2)19-8-10-20(11-9-19)16-6-4-5-15(17)12-16/h4-6,12,14,18H,3,7-11,13H2,1-2H3. The van der Waals surface area contributed by atoms with E-state index in [-0.39, 0.29) is 0 Å². The highest BCUT2D eigenvalue weighted by molar-refractivity contribution is 6.30. The van der Waals surface area contributed by atoms with Crippen molar-refractivity contribution in [1.29, 1.82) is 0 Å². The van der Waals surface area contributed by atoms with Gasteiger partial charge in [-0.15, -0.1) is 0 Å². The van der Waals surface area contributed by atoms with Gasteiger partial charge in [0.2, 0.25) is 0 Å². The van der Waals surface area contributed by atoms with Crippen molar-refractivity contribution in [2.45, 2.75) is 26.3 Å². The topological polar surface area (TPSA) is 18.5 Å². The molecule has 20 heavy (non-hydrogen) atoms. The van der Waals surface area contributed by atoms with Crippen LogP contribution in [0, 0.1) is 0 Å². The Morgan fingerprint density at radius 3 is 2.65 bits per heavy atom. The molecule has 1 atom stereocenters. The van der Waals surface area contributed by atoms with Crippen LogP contribution in [0.15, 0.2) is 24.3 Å². The number of piperazine rings is 1. The largest absolute Gasteiger partial charge is 0.369 e. The Labute approximate surface area is 127 Å². The molecule has 1 aromatic carbocycles. The molecule has 1 N–H and O–H groups in total. The summed E-state index contributed by atoms with van der Waals surface area (Å²) in [5.74, 6) is 0. The van der Waals surface area contributed by atoms with E-state index in [1.807, 2.05) is 12.1 Å². The minimum atomic E-state index is 0.614. The molecule has 1 aliphatic rings. The Bertz CT molecular complexity index is 402. The van der Waals surface area contributed by atoms with Gasteiger partial charge in [0.05, 0.1) is 0 Å². The first-order chi connectivity index (χ1) is 9.70. The second-order valence-electron chi connectivity index (χ2n) is 5.56.